The molecule has 0 aliphatic heterocycles. The molecule has 12 heteroatoms. The van der Waals surface area contributed by atoms with Gasteiger partial charge in [0.05, 0.1) is 22.9 Å². The van der Waals surface area contributed by atoms with Crippen molar-refractivity contribution >= 4 is 39.3 Å². The fourth-order valence-electron chi connectivity index (χ4n) is 2.38. The molecule has 2 heterocycles. The van der Waals surface area contributed by atoms with Crippen molar-refractivity contribution in [2.45, 2.75) is 13.5 Å². The van der Waals surface area contributed by atoms with Crippen LogP contribution in [0.25, 0.3) is 10.2 Å². The highest BCUT2D eigenvalue weighted by atomic mass is 32.1. The Bertz CT molecular complexity index is 1160. The van der Waals surface area contributed by atoms with E-state index in [0.29, 0.717) is 6.07 Å². The Kier molecular flexibility index (Phi) is 5.31. The van der Waals surface area contributed by atoms with Crippen molar-refractivity contribution in [1.29, 1.82) is 0 Å². The lowest BCUT2D eigenvalue weighted by Gasteiger charge is -2.05. The molecule has 0 atom stereocenters. The first-order chi connectivity index (χ1) is 13.3. The van der Waals surface area contributed by atoms with Gasteiger partial charge in [-0.3, -0.25) is 19.7 Å². The Morgan fingerprint density at radius 3 is 2.75 bits per heavy atom. The number of hydrogen-bond acceptors (Lipinski definition) is 7. The van der Waals surface area contributed by atoms with Gasteiger partial charge >= 0.3 is 17.8 Å². The number of amides is 1. The maximum Gasteiger partial charge on any atom is 0.433 e. The zero-order valence-electron chi connectivity index (χ0n) is 14.2. The van der Waals surface area contributed by atoms with E-state index in [1.807, 2.05) is 0 Å². The number of aromatic nitrogens is 1. The number of halogens is 2. The molecule has 9 nitrogen and oxygen atoms in total. The van der Waals surface area contributed by atoms with Crippen LogP contribution in [0.1, 0.15) is 17.5 Å². The lowest BCUT2D eigenvalue weighted by molar-refractivity contribution is -0.402. The Morgan fingerprint density at radius 2 is 2.11 bits per heavy atom. The maximum atomic E-state index is 14.3. The first kappa shape index (κ1) is 19.4. The second-order valence-corrected chi connectivity index (χ2v) is 6.33. The van der Waals surface area contributed by atoms with Crippen molar-refractivity contribution in [3.8, 4) is 0 Å². The van der Waals surface area contributed by atoms with Crippen molar-refractivity contribution in [2.24, 2.45) is 4.99 Å². The van der Waals surface area contributed by atoms with Crippen LogP contribution in [0.4, 0.5) is 14.7 Å². The zero-order chi connectivity index (χ0) is 20.4. The molecule has 3 aromatic rings. The van der Waals surface area contributed by atoms with E-state index in [4.69, 9.17) is 9.15 Å². The summed E-state index contributed by atoms with van der Waals surface area (Å²) in [6, 6.07) is 3.72. The molecule has 3 rings (SSSR count). The van der Waals surface area contributed by atoms with Crippen molar-refractivity contribution in [1.82, 2.24) is 4.57 Å². The van der Waals surface area contributed by atoms with Crippen LogP contribution in [-0.4, -0.2) is 28.0 Å². The Balaban J connectivity index is 2.13. The highest BCUT2D eigenvalue weighted by molar-refractivity contribution is 7.16. The van der Waals surface area contributed by atoms with Crippen molar-refractivity contribution in [2.75, 3.05) is 6.61 Å². The number of fused-ring (bicyclic) bond motifs is 1. The highest BCUT2D eigenvalue weighted by Crippen LogP contribution is 2.23. The zero-order valence-corrected chi connectivity index (χ0v) is 15.0. The summed E-state index contributed by atoms with van der Waals surface area (Å²) in [5.41, 5.74) is -0.128. The van der Waals surface area contributed by atoms with E-state index in [2.05, 4.69) is 4.99 Å². The summed E-state index contributed by atoms with van der Waals surface area (Å²) in [6.07, 6.45) is 0. The van der Waals surface area contributed by atoms with Crippen LogP contribution in [0.2, 0.25) is 0 Å². The van der Waals surface area contributed by atoms with Gasteiger partial charge in [-0.25, -0.2) is 8.78 Å². The molecular formula is C16H11F2N3O6S. The number of hydrogen-bond donors (Lipinski definition) is 0. The molecule has 0 radical (unpaired) electrons. The summed E-state index contributed by atoms with van der Waals surface area (Å²) in [5, 5.41) is 10.7. The van der Waals surface area contributed by atoms with Crippen LogP contribution < -0.4 is 4.80 Å². The van der Waals surface area contributed by atoms with E-state index in [-0.39, 0.29) is 21.6 Å². The number of carbonyl (C=O) groups is 2. The normalized spacial score (nSPS) is 11.8. The van der Waals surface area contributed by atoms with Crippen LogP contribution in [0.3, 0.4) is 0 Å². The number of esters is 1. The second kappa shape index (κ2) is 7.68. The summed E-state index contributed by atoms with van der Waals surface area (Å²) in [7, 11) is 0. The van der Waals surface area contributed by atoms with E-state index >= 15 is 0 Å². The first-order valence-corrected chi connectivity index (χ1v) is 8.59. The average Bonchev–Trinajstić information content (AvgIpc) is 3.21. The van der Waals surface area contributed by atoms with E-state index < -0.39 is 46.6 Å². The average molecular weight is 411 g/mol. The van der Waals surface area contributed by atoms with Gasteiger partial charge in [-0.05, 0) is 19.1 Å². The first-order valence-electron chi connectivity index (χ1n) is 7.77. The molecule has 2 aromatic heterocycles. The number of benzene rings is 1. The number of thiazole rings is 1. The maximum absolute atomic E-state index is 14.3. The van der Waals surface area contributed by atoms with Crippen molar-refractivity contribution in [3.63, 3.8) is 0 Å². The predicted molar refractivity (Wildman–Crippen MR) is 91.6 cm³/mol. The lowest BCUT2D eigenvalue weighted by Crippen LogP contribution is -2.23. The van der Waals surface area contributed by atoms with Gasteiger partial charge in [0.25, 0.3) is 0 Å². The largest absolute Gasteiger partial charge is 0.465 e. The van der Waals surface area contributed by atoms with Gasteiger partial charge in [0.1, 0.15) is 17.3 Å². The molecule has 0 saturated carbocycles. The number of ether oxygens (including phenoxy) is 1. The summed E-state index contributed by atoms with van der Waals surface area (Å²) in [6.45, 7) is 1.20. The summed E-state index contributed by atoms with van der Waals surface area (Å²) in [4.78, 5) is 37.6. The number of nitro groups is 1. The fraction of sp³-hybridized carbons (Fsp3) is 0.188. The predicted octanol–water partition coefficient (Wildman–Crippen LogP) is 2.79. The van der Waals surface area contributed by atoms with Gasteiger partial charge in [-0.15, -0.1) is 0 Å². The molecule has 28 heavy (non-hydrogen) atoms. The fourth-order valence-corrected chi connectivity index (χ4v) is 3.45. The number of carbonyl (C=O) groups excluding carboxylic acids is 2. The smallest absolute Gasteiger partial charge is 0.433 e. The topological polar surface area (TPSA) is 117 Å². The van der Waals surface area contributed by atoms with E-state index in [9.17, 15) is 28.5 Å². The Labute approximate surface area is 158 Å². The van der Waals surface area contributed by atoms with E-state index in [0.717, 1.165) is 34.1 Å². The summed E-state index contributed by atoms with van der Waals surface area (Å²) in [5.74, 6) is -4.56. The van der Waals surface area contributed by atoms with Gasteiger partial charge in [-0.2, -0.15) is 4.99 Å². The minimum Gasteiger partial charge on any atom is -0.465 e. The van der Waals surface area contributed by atoms with Gasteiger partial charge in [-0.1, -0.05) is 11.3 Å². The Hall–Kier alpha value is -3.41. The summed E-state index contributed by atoms with van der Waals surface area (Å²) < 4.78 is 38.6. The van der Waals surface area contributed by atoms with Crippen LogP contribution in [0, 0.1) is 21.7 Å². The monoisotopic (exact) mass is 411 g/mol. The highest BCUT2D eigenvalue weighted by Gasteiger charge is 2.20. The third-order valence-corrected chi connectivity index (χ3v) is 4.49. The standard InChI is InChI=1S/C16H11F2N3O6S/c1-2-26-13(22)7-20-14-9(18)5-8(17)6-11(14)28-16(20)19-15(23)10-3-4-12(27-10)21(24)25/h3-6H,2,7H2,1H3. The third-order valence-electron chi connectivity index (χ3n) is 3.47. The molecule has 0 spiro atoms. The lowest BCUT2D eigenvalue weighted by atomic mass is 10.3. The Morgan fingerprint density at radius 1 is 1.36 bits per heavy atom. The molecule has 0 saturated heterocycles. The van der Waals surface area contributed by atoms with Crippen molar-refractivity contribution in [3.05, 3.63) is 56.6 Å². The van der Waals surface area contributed by atoms with Gasteiger partial charge in [0.15, 0.2) is 10.6 Å². The van der Waals surface area contributed by atoms with Gasteiger partial charge < -0.3 is 13.7 Å². The SMILES string of the molecule is CCOC(=O)Cn1c(=NC(=O)c2ccc([N+](=O)[O-])o2)sc2cc(F)cc(F)c21. The molecule has 0 unspecified atom stereocenters. The molecule has 0 aliphatic rings. The minimum absolute atomic E-state index is 0.0834. The number of nitrogens with zero attached hydrogens (tertiary/aromatic N) is 3. The molecule has 1 amide bonds. The second-order valence-electron chi connectivity index (χ2n) is 5.32. The van der Waals surface area contributed by atoms with Crippen LogP contribution in [0.15, 0.2) is 33.7 Å². The molecule has 0 bridgehead atoms. The van der Waals surface area contributed by atoms with E-state index in [1.165, 1.54) is 0 Å². The molecule has 0 fully saturated rings. The third kappa shape index (κ3) is 3.81. The minimum atomic E-state index is -0.988. The summed E-state index contributed by atoms with van der Waals surface area (Å²) >= 11 is 0.761. The molecule has 0 N–H and O–H groups in total. The number of rotatable bonds is 5. The quantitative estimate of drug-likeness (QED) is 0.362. The van der Waals surface area contributed by atoms with Crippen LogP contribution in [-0.2, 0) is 16.1 Å². The van der Waals surface area contributed by atoms with Crippen molar-refractivity contribution < 1.29 is 32.4 Å². The molecule has 146 valence electrons. The van der Waals surface area contributed by atoms with Gasteiger partial charge in [0, 0.05) is 6.07 Å². The molecule has 1 aromatic carbocycles. The van der Waals surface area contributed by atoms with E-state index in [1.54, 1.807) is 6.92 Å². The van der Waals surface area contributed by atoms with Crippen LogP contribution in [0.5, 0.6) is 0 Å². The molecule has 0 aliphatic carbocycles. The molecular weight excluding hydrogens is 400 g/mol. The van der Waals surface area contributed by atoms with Gasteiger partial charge in [0.2, 0.25) is 5.76 Å². The van der Waals surface area contributed by atoms with Crippen LogP contribution >= 0.6 is 11.3 Å². The number of furan rings is 1.